The largest absolute Gasteiger partial charge is 0.497 e. The Morgan fingerprint density at radius 1 is 0.793 bits per heavy atom. The zero-order valence-electron chi connectivity index (χ0n) is 15.6. The number of aryl methyl sites for hydroxylation is 1. The maximum atomic E-state index is 13.0. The first-order chi connectivity index (χ1) is 13.6. The van der Waals surface area contributed by atoms with E-state index >= 15 is 0 Å². The number of halogens is 1. The van der Waals surface area contributed by atoms with Crippen molar-refractivity contribution in [3.05, 3.63) is 77.3 Å². The number of methoxy groups -OCH3 is 1. The van der Waals surface area contributed by atoms with Gasteiger partial charge in [0.15, 0.2) is 0 Å². The lowest BCUT2D eigenvalue weighted by atomic mass is 10.2. The van der Waals surface area contributed by atoms with Gasteiger partial charge in [0.05, 0.1) is 27.5 Å². The van der Waals surface area contributed by atoms with Crippen LogP contribution in [0.15, 0.2) is 81.4 Å². The predicted octanol–water partition coefficient (Wildman–Crippen LogP) is 4.29. The topological polar surface area (TPSA) is 89.5 Å². The summed E-state index contributed by atoms with van der Waals surface area (Å²) in [4.78, 5) is -0.0173. The Bertz CT molecular complexity index is 1240. The van der Waals surface area contributed by atoms with Crippen molar-refractivity contribution in [2.45, 2.75) is 21.6 Å². The molecule has 0 unspecified atom stereocenters. The number of rotatable bonds is 6. The molecule has 0 aliphatic carbocycles. The minimum Gasteiger partial charge on any atom is -0.497 e. The molecule has 0 bridgehead atoms. The molecule has 3 aromatic rings. The standard InChI is InChI=1S/C20H18ClNO5S2/c1-14-3-7-19(8-4-14)29(25,26)22-16-11-17(27-2)13-20(12-16)28(23,24)18-9-5-15(21)6-10-18/h3-13,22H,1-2H3. The van der Waals surface area contributed by atoms with E-state index in [4.69, 9.17) is 16.3 Å². The third-order valence-corrected chi connectivity index (χ3v) is 7.53. The van der Waals surface area contributed by atoms with Crippen molar-refractivity contribution in [1.82, 2.24) is 0 Å². The van der Waals surface area contributed by atoms with Crippen molar-refractivity contribution in [2.75, 3.05) is 11.8 Å². The second-order valence-corrected chi connectivity index (χ2v) is 10.3. The summed E-state index contributed by atoms with van der Waals surface area (Å²) in [5.41, 5.74) is 0.985. The van der Waals surface area contributed by atoms with E-state index in [-0.39, 0.29) is 26.1 Å². The molecule has 0 heterocycles. The summed E-state index contributed by atoms with van der Waals surface area (Å²) < 4.78 is 58.8. The Morgan fingerprint density at radius 2 is 1.38 bits per heavy atom. The van der Waals surface area contributed by atoms with Crippen molar-refractivity contribution >= 4 is 37.1 Å². The first kappa shape index (κ1) is 21.2. The van der Waals surface area contributed by atoms with Gasteiger partial charge < -0.3 is 4.74 Å². The number of ether oxygens (including phenoxy) is 1. The van der Waals surface area contributed by atoms with Gasteiger partial charge in [-0.25, -0.2) is 16.8 Å². The Hall–Kier alpha value is -2.55. The van der Waals surface area contributed by atoms with E-state index in [1.165, 1.54) is 61.7 Å². The molecule has 6 nitrogen and oxygen atoms in total. The number of sulfone groups is 1. The molecular weight excluding hydrogens is 434 g/mol. The number of anilines is 1. The van der Waals surface area contributed by atoms with Gasteiger partial charge in [0.2, 0.25) is 9.84 Å². The molecule has 29 heavy (non-hydrogen) atoms. The van der Waals surface area contributed by atoms with Gasteiger partial charge in [0.25, 0.3) is 10.0 Å². The highest BCUT2D eigenvalue weighted by molar-refractivity contribution is 7.92. The molecule has 0 saturated heterocycles. The second kappa shape index (κ2) is 8.06. The van der Waals surface area contributed by atoms with E-state index in [1.54, 1.807) is 12.1 Å². The molecule has 0 aliphatic rings. The van der Waals surface area contributed by atoms with Gasteiger partial charge in [-0.1, -0.05) is 29.3 Å². The molecule has 0 atom stereocenters. The van der Waals surface area contributed by atoms with E-state index in [2.05, 4.69) is 4.72 Å². The van der Waals surface area contributed by atoms with E-state index in [0.717, 1.165) is 5.56 Å². The summed E-state index contributed by atoms with van der Waals surface area (Å²) in [6.07, 6.45) is 0. The number of hydrogen-bond acceptors (Lipinski definition) is 5. The van der Waals surface area contributed by atoms with Gasteiger partial charge >= 0.3 is 0 Å². The molecule has 152 valence electrons. The fraction of sp³-hybridized carbons (Fsp3) is 0.100. The molecule has 0 saturated carbocycles. The molecule has 1 N–H and O–H groups in total. The Kier molecular flexibility index (Phi) is 5.88. The van der Waals surface area contributed by atoms with E-state index in [0.29, 0.717) is 5.02 Å². The van der Waals surface area contributed by atoms with Crippen LogP contribution in [0, 0.1) is 6.92 Å². The van der Waals surface area contributed by atoms with Crippen LogP contribution in [0.1, 0.15) is 5.56 Å². The lowest BCUT2D eigenvalue weighted by Gasteiger charge is -2.13. The molecule has 0 spiro atoms. The number of sulfonamides is 1. The van der Waals surface area contributed by atoms with Crippen LogP contribution in [0.2, 0.25) is 5.02 Å². The quantitative estimate of drug-likeness (QED) is 0.603. The Morgan fingerprint density at radius 3 is 1.97 bits per heavy atom. The highest BCUT2D eigenvalue weighted by Gasteiger charge is 2.21. The lowest BCUT2D eigenvalue weighted by molar-refractivity contribution is 0.413. The second-order valence-electron chi connectivity index (χ2n) is 6.27. The summed E-state index contributed by atoms with van der Waals surface area (Å²) in [7, 11) is -6.45. The average Bonchev–Trinajstić information content (AvgIpc) is 2.68. The molecular formula is C20H18ClNO5S2. The molecule has 3 rings (SSSR count). The van der Waals surface area contributed by atoms with Crippen LogP contribution in [0.3, 0.4) is 0 Å². The van der Waals surface area contributed by atoms with Gasteiger partial charge in [0.1, 0.15) is 5.75 Å². The van der Waals surface area contributed by atoms with Crippen molar-refractivity contribution in [2.24, 2.45) is 0 Å². The summed E-state index contributed by atoms with van der Waals surface area (Å²) in [6, 6.07) is 16.0. The third kappa shape index (κ3) is 4.72. The fourth-order valence-electron chi connectivity index (χ4n) is 2.58. The van der Waals surface area contributed by atoms with Gasteiger partial charge in [0, 0.05) is 11.1 Å². The summed E-state index contributed by atoms with van der Waals surface area (Å²) in [5.74, 6) is 0.196. The first-order valence-corrected chi connectivity index (χ1v) is 11.8. The van der Waals surface area contributed by atoms with Crippen LogP contribution in [0.4, 0.5) is 5.69 Å². The van der Waals surface area contributed by atoms with Gasteiger partial charge in [-0.3, -0.25) is 4.72 Å². The van der Waals surface area contributed by atoms with Crippen LogP contribution in [-0.2, 0) is 19.9 Å². The van der Waals surface area contributed by atoms with Crippen LogP contribution >= 0.6 is 11.6 Å². The molecule has 0 fully saturated rings. The minimum absolute atomic E-state index is 0.0301. The summed E-state index contributed by atoms with van der Waals surface area (Å²) >= 11 is 5.83. The average molecular weight is 452 g/mol. The number of hydrogen-bond donors (Lipinski definition) is 1. The molecule has 9 heteroatoms. The van der Waals surface area contributed by atoms with Crippen LogP contribution in [0.25, 0.3) is 0 Å². The van der Waals surface area contributed by atoms with E-state index in [9.17, 15) is 16.8 Å². The third-order valence-electron chi connectivity index (χ3n) is 4.13. The monoisotopic (exact) mass is 451 g/mol. The minimum atomic E-state index is -3.91. The maximum Gasteiger partial charge on any atom is 0.261 e. The van der Waals surface area contributed by atoms with Gasteiger partial charge in [-0.2, -0.15) is 0 Å². The fourth-order valence-corrected chi connectivity index (χ4v) is 5.07. The Balaban J connectivity index is 2.03. The van der Waals surface area contributed by atoms with Crippen molar-refractivity contribution < 1.29 is 21.6 Å². The zero-order valence-corrected chi connectivity index (χ0v) is 18.0. The van der Waals surface area contributed by atoms with E-state index < -0.39 is 19.9 Å². The van der Waals surface area contributed by atoms with Crippen LogP contribution < -0.4 is 9.46 Å². The Labute approximate surface area is 175 Å². The SMILES string of the molecule is COc1cc(NS(=O)(=O)c2ccc(C)cc2)cc(S(=O)(=O)c2ccc(Cl)cc2)c1. The number of benzene rings is 3. The van der Waals surface area contributed by atoms with Gasteiger partial charge in [-0.05, 0) is 55.5 Å². The van der Waals surface area contributed by atoms with Crippen LogP contribution in [-0.4, -0.2) is 23.9 Å². The molecule has 0 aliphatic heterocycles. The molecule has 0 radical (unpaired) electrons. The van der Waals surface area contributed by atoms with Crippen molar-refractivity contribution in [3.63, 3.8) is 0 Å². The van der Waals surface area contributed by atoms with E-state index in [1.807, 2.05) is 6.92 Å². The lowest BCUT2D eigenvalue weighted by Crippen LogP contribution is -2.13. The van der Waals surface area contributed by atoms with Crippen LogP contribution in [0.5, 0.6) is 5.75 Å². The number of nitrogens with one attached hydrogen (secondary N) is 1. The smallest absolute Gasteiger partial charge is 0.261 e. The normalized spacial score (nSPS) is 11.8. The predicted molar refractivity (Wildman–Crippen MR) is 112 cm³/mol. The van der Waals surface area contributed by atoms with Crippen molar-refractivity contribution in [3.8, 4) is 5.75 Å². The summed E-state index contributed by atoms with van der Waals surface area (Å²) in [6.45, 7) is 1.85. The molecule has 0 aromatic heterocycles. The summed E-state index contributed by atoms with van der Waals surface area (Å²) in [5, 5.41) is 0.404. The van der Waals surface area contributed by atoms with Crippen molar-refractivity contribution in [1.29, 1.82) is 0 Å². The van der Waals surface area contributed by atoms with Gasteiger partial charge in [-0.15, -0.1) is 0 Å². The molecule has 3 aromatic carbocycles. The highest BCUT2D eigenvalue weighted by atomic mass is 35.5. The highest BCUT2D eigenvalue weighted by Crippen LogP contribution is 2.30. The first-order valence-electron chi connectivity index (χ1n) is 8.41. The maximum absolute atomic E-state index is 13.0. The zero-order chi connectivity index (χ0) is 21.2. The molecule has 0 amide bonds.